The van der Waals surface area contributed by atoms with Crippen LogP contribution in [0.5, 0.6) is 0 Å². The van der Waals surface area contributed by atoms with Gasteiger partial charge in [-0.1, -0.05) is 5.16 Å². The van der Waals surface area contributed by atoms with Gasteiger partial charge < -0.3 is 15.3 Å². The van der Waals surface area contributed by atoms with E-state index >= 15 is 0 Å². The predicted octanol–water partition coefficient (Wildman–Crippen LogP) is 1.18. The summed E-state index contributed by atoms with van der Waals surface area (Å²) in [6.07, 6.45) is 4.39. The summed E-state index contributed by atoms with van der Waals surface area (Å²) in [5.74, 6) is 0. The number of nitrogens with one attached hydrogen (secondary N) is 1. The number of hydrogen-bond donors (Lipinski definition) is 2. The minimum atomic E-state index is -0.571. The first kappa shape index (κ1) is 14.6. The summed E-state index contributed by atoms with van der Waals surface area (Å²) in [7, 11) is 0. The van der Waals surface area contributed by atoms with Crippen LogP contribution in [0.4, 0.5) is 0 Å². The molecule has 0 fully saturated rings. The number of aliphatic hydroxyl groups is 1. The maximum absolute atomic E-state index is 9.64. The van der Waals surface area contributed by atoms with Gasteiger partial charge in [0.15, 0.2) is 0 Å². The Morgan fingerprint density at radius 3 is 2.72 bits per heavy atom. The maximum atomic E-state index is 9.64. The fraction of sp³-hybridized carbons (Fsp3) is 0.538. The standard InChI is InChI=1S/C13H21N3O2/c1-13(2,3)15-9-12(17)10-18-16-8-11-4-6-14-7-5-11/h4-8,12,15,17H,9-10H2,1-3H3/b16-8+. The summed E-state index contributed by atoms with van der Waals surface area (Å²) in [5.41, 5.74) is 0.897. The first-order chi connectivity index (χ1) is 8.47. The van der Waals surface area contributed by atoms with Gasteiger partial charge in [-0.25, -0.2) is 0 Å². The molecule has 0 saturated carbocycles. The van der Waals surface area contributed by atoms with Crippen molar-refractivity contribution in [2.45, 2.75) is 32.4 Å². The van der Waals surface area contributed by atoms with E-state index in [1.165, 1.54) is 0 Å². The van der Waals surface area contributed by atoms with Gasteiger partial charge >= 0.3 is 0 Å². The number of aliphatic hydroxyl groups excluding tert-OH is 1. The minimum absolute atomic E-state index is 0.0126. The Morgan fingerprint density at radius 1 is 1.44 bits per heavy atom. The van der Waals surface area contributed by atoms with Crippen molar-refractivity contribution in [1.29, 1.82) is 0 Å². The van der Waals surface area contributed by atoms with Crippen molar-refractivity contribution >= 4 is 6.21 Å². The number of hydrogen-bond acceptors (Lipinski definition) is 5. The van der Waals surface area contributed by atoms with Crippen LogP contribution < -0.4 is 5.32 Å². The third-order valence-electron chi connectivity index (χ3n) is 2.12. The second-order valence-corrected chi connectivity index (χ2v) is 5.10. The van der Waals surface area contributed by atoms with E-state index in [0.29, 0.717) is 6.54 Å². The zero-order chi connectivity index (χ0) is 13.4. The monoisotopic (exact) mass is 251 g/mol. The molecule has 0 bridgehead atoms. The summed E-state index contributed by atoms with van der Waals surface area (Å²) in [5, 5.41) is 16.6. The first-order valence-corrected chi connectivity index (χ1v) is 5.96. The Bertz CT molecular complexity index is 360. The molecule has 100 valence electrons. The number of rotatable bonds is 6. The number of oxime groups is 1. The second kappa shape index (κ2) is 7.08. The molecule has 0 saturated heterocycles. The van der Waals surface area contributed by atoms with Gasteiger partial charge in [0.1, 0.15) is 12.7 Å². The normalized spacial score (nSPS) is 13.8. The van der Waals surface area contributed by atoms with Crippen LogP contribution in [0, 0.1) is 0 Å². The molecule has 1 unspecified atom stereocenters. The summed E-state index contributed by atoms with van der Waals surface area (Å²) in [6, 6.07) is 3.65. The lowest BCUT2D eigenvalue weighted by molar-refractivity contribution is 0.0379. The molecule has 5 heteroatoms. The van der Waals surface area contributed by atoms with Crippen LogP contribution >= 0.6 is 0 Å². The number of β-amino-alcohol motifs (C(OH)–C–C–N with tert-alkyl or cyclic N) is 1. The maximum Gasteiger partial charge on any atom is 0.144 e. The van der Waals surface area contributed by atoms with Crippen LogP contribution in [-0.2, 0) is 4.84 Å². The van der Waals surface area contributed by atoms with Crippen LogP contribution in [0.1, 0.15) is 26.3 Å². The van der Waals surface area contributed by atoms with Crippen molar-refractivity contribution in [3.63, 3.8) is 0 Å². The van der Waals surface area contributed by atoms with E-state index in [4.69, 9.17) is 4.84 Å². The van der Waals surface area contributed by atoms with E-state index in [0.717, 1.165) is 5.56 Å². The van der Waals surface area contributed by atoms with E-state index in [9.17, 15) is 5.11 Å². The van der Waals surface area contributed by atoms with Gasteiger partial charge in [-0.2, -0.15) is 0 Å². The van der Waals surface area contributed by atoms with Gasteiger partial charge in [0.05, 0.1) is 6.21 Å². The van der Waals surface area contributed by atoms with Crippen LogP contribution in [0.3, 0.4) is 0 Å². The summed E-state index contributed by atoms with van der Waals surface area (Å²) in [6.45, 7) is 6.78. The largest absolute Gasteiger partial charge is 0.393 e. The average Bonchev–Trinajstić information content (AvgIpc) is 2.33. The zero-order valence-electron chi connectivity index (χ0n) is 11.1. The molecule has 1 aromatic rings. The molecule has 18 heavy (non-hydrogen) atoms. The van der Waals surface area contributed by atoms with Gasteiger partial charge in [-0.05, 0) is 38.5 Å². The van der Waals surface area contributed by atoms with Gasteiger partial charge in [-0.3, -0.25) is 4.98 Å². The Hall–Kier alpha value is -1.46. The van der Waals surface area contributed by atoms with Crippen LogP contribution in [-0.4, -0.2) is 41.1 Å². The van der Waals surface area contributed by atoms with Crippen LogP contribution in [0.25, 0.3) is 0 Å². The summed E-state index contributed by atoms with van der Waals surface area (Å²) >= 11 is 0. The van der Waals surface area contributed by atoms with Gasteiger partial charge in [0.25, 0.3) is 0 Å². The molecule has 1 rings (SSSR count). The highest BCUT2D eigenvalue weighted by Gasteiger charge is 2.12. The number of nitrogens with zero attached hydrogens (tertiary/aromatic N) is 2. The van der Waals surface area contributed by atoms with E-state index in [1.807, 2.05) is 32.9 Å². The van der Waals surface area contributed by atoms with Crippen molar-refractivity contribution in [1.82, 2.24) is 10.3 Å². The van der Waals surface area contributed by atoms with Gasteiger partial charge in [0, 0.05) is 24.5 Å². The topological polar surface area (TPSA) is 66.7 Å². The van der Waals surface area contributed by atoms with Gasteiger partial charge in [0.2, 0.25) is 0 Å². The van der Waals surface area contributed by atoms with Crippen molar-refractivity contribution in [2.75, 3.05) is 13.2 Å². The third kappa shape index (κ3) is 6.98. The molecular formula is C13H21N3O2. The molecule has 1 heterocycles. The third-order valence-corrected chi connectivity index (χ3v) is 2.12. The number of pyridine rings is 1. The second-order valence-electron chi connectivity index (χ2n) is 5.10. The summed E-state index contributed by atoms with van der Waals surface area (Å²) < 4.78 is 0. The Labute approximate surface area is 108 Å². The fourth-order valence-electron chi connectivity index (χ4n) is 1.16. The van der Waals surface area contributed by atoms with Crippen molar-refractivity contribution in [2.24, 2.45) is 5.16 Å². The smallest absolute Gasteiger partial charge is 0.144 e. The van der Waals surface area contributed by atoms with Gasteiger partial charge in [-0.15, -0.1) is 0 Å². The molecule has 0 aromatic carbocycles. The van der Waals surface area contributed by atoms with Crippen molar-refractivity contribution < 1.29 is 9.94 Å². The van der Waals surface area contributed by atoms with E-state index in [1.54, 1.807) is 18.6 Å². The molecular weight excluding hydrogens is 230 g/mol. The van der Waals surface area contributed by atoms with Crippen molar-refractivity contribution in [3.8, 4) is 0 Å². The molecule has 0 spiro atoms. The molecule has 0 aliphatic carbocycles. The SMILES string of the molecule is CC(C)(C)NCC(O)CO/N=C/c1ccncc1. The summed E-state index contributed by atoms with van der Waals surface area (Å²) in [4.78, 5) is 8.92. The Balaban J connectivity index is 2.19. The predicted molar refractivity (Wildman–Crippen MR) is 71.5 cm³/mol. The first-order valence-electron chi connectivity index (χ1n) is 5.96. The molecule has 0 radical (unpaired) electrons. The molecule has 1 aromatic heterocycles. The molecule has 0 amide bonds. The Kier molecular flexibility index (Phi) is 5.74. The fourth-order valence-corrected chi connectivity index (χ4v) is 1.16. The lowest BCUT2D eigenvalue weighted by Gasteiger charge is -2.22. The van der Waals surface area contributed by atoms with Crippen LogP contribution in [0.15, 0.2) is 29.7 Å². The van der Waals surface area contributed by atoms with E-state index in [-0.39, 0.29) is 12.1 Å². The molecule has 0 aliphatic heterocycles. The Morgan fingerprint density at radius 2 is 2.11 bits per heavy atom. The van der Waals surface area contributed by atoms with Crippen molar-refractivity contribution in [3.05, 3.63) is 30.1 Å². The molecule has 1 atom stereocenters. The van der Waals surface area contributed by atoms with E-state index in [2.05, 4.69) is 15.5 Å². The lowest BCUT2D eigenvalue weighted by atomic mass is 10.1. The van der Waals surface area contributed by atoms with E-state index < -0.39 is 6.10 Å². The number of aromatic nitrogens is 1. The zero-order valence-corrected chi connectivity index (χ0v) is 11.1. The average molecular weight is 251 g/mol. The molecule has 2 N–H and O–H groups in total. The highest BCUT2D eigenvalue weighted by Crippen LogP contribution is 1.98. The highest BCUT2D eigenvalue weighted by molar-refractivity contribution is 5.78. The quantitative estimate of drug-likeness (QED) is 0.588. The van der Waals surface area contributed by atoms with Crippen LogP contribution in [0.2, 0.25) is 0 Å². The highest BCUT2D eigenvalue weighted by atomic mass is 16.6. The molecule has 5 nitrogen and oxygen atoms in total. The lowest BCUT2D eigenvalue weighted by Crippen LogP contribution is -2.42. The molecule has 0 aliphatic rings. The minimum Gasteiger partial charge on any atom is -0.393 e.